The second-order valence-corrected chi connectivity index (χ2v) is 10.9. The van der Waals surface area contributed by atoms with Crippen molar-refractivity contribution in [3.8, 4) is 0 Å². The van der Waals surface area contributed by atoms with Gasteiger partial charge in [-0.2, -0.15) is 0 Å². The Balaban J connectivity index is 2.35. The Labute approximate surface area is 193 Å². The fraction of sp³-hybridized carbons (Fsp3) is 0.500. The van der Waals surface area contributed by atoms with E-state index < -0.39 is 9.84 Å². The first-order valence-electron chi connectivity index (χ1n) is 11.5. The molecule has 2 N–H and O–H groups in total. The lowest BCUT2D eigenvalue weighted by Crippen LogP contribution is -2.43. The summed E-state index contributed by atoms with van der Waals surface area (Å²) in [5.74, 6) is 0.533. The van der Waals surface area contributed by atoms with Gasteiger partial charge in [0, 0.05) is 11.6 Å². The van der Waals surface area contributed by atoms with Crippen LogP contribution in [0.4, 0.5) is 0 Å². The molecule has 0 aromatic heterocycles. The summed E-state index contributed by atoms with van der Waals surface area (Å²) in [6.45, 7) is 13.0. The smallest absolute Gasteiger partial charge is 0.252 e. The van der Waals surface area contributed by atoms with Crippen molar-refractivity contribution < 1.29 is 13.2 Å². The van der Waals surface area contributed by atoms with Gasteiger partial charge in [-0.3, -0.25) is 4.79 Å². The third-order valence-corrected chi connectivity index (χ3v) is 7.99. The molecule has 176 valence electrons. The van der Waals surface area contributed by atoms with Gasteiger partial charge in [0.05, 0.1) is 16.7 Å². The first-order chi connectivity index (χ1) is 15.1. The third kappa shape index (κ3) is 6.66. The highest BCUT2D eigenvalue weighted by Crippen LogP contribution is 2.23. The lowest BCUT2D eigenvalue weighted by molar-refractivity contribution is 0.0926. The van der Waals surface area contributed by atoms with Crippen LogP contribution in [-0.4, -0.2) is 32.7 Å². The maximum absolute atomic E-state index is 13.2. The monoisotopic (exact) mass is 458 g/mol. The van der Waals surface area contributed by atoms with Crippen molar-refractivity contribution >= 4 is 15.7 Å². The van der Waals surface area contributed by atoms with Crippen LogP contribution in [0.1, 0.15) is 73.6 Å². The number of hydrogen-bond donors (Lipinski definition) is 2. The minimum atomic E-state index is -3.28. The van der Waals surface area contributed by atoms with Crippen LogP contribution in [0.3, 0.4) is 0 Å². The second-order valence-electron chi connectivity index (χ2n) is 8.82. The molecule has 0 saturated carbocycles. The zero-order chi connectivity index (χ0) is 23.9. The Morgan fingerprint density at radius 2 is 1.56 bits per heavy atom. The van der Waals surface area contributed by atoms with E-state index in [0.29, 0.717) is 22.8 Å². The topological polar surface area (TPSA) is 75.3 Å². The van der Waals surface area contributed by atoms with Crippen molar-refractivity contribution in [3.63, 3.8) is 0 Å². The molecule has 2 aromatic carbocycles. The largest absolute Gasteiger partial charge is 0.344 e. The van der Waals surface area contributed by atoms with Crippen LogP contribution in [0.5, 0.6) is 0 Å². The minimum Gasteiger partial charge on any atom is -0.344 e. The van der Waals surface area contributed by atoms with Crippen molar-refractivity contribution in [2.24, 2.45) is 5.92 Å². The molecule has 0 aliphatic rings. The van der Waals surface area contributed by atoms with Crippen molar-refractivity contribution in [2.75, 3.05) is 12.3 Å². The van der Waals surface area contributed by atoms with E-state index in [1.54, 1.807) is 12.1 Å². The molecule has 3 atom stereocenters. The standard InChI is InChI=1S/C26H38N2O3S/c1-7-16-32(30,31)23-14-12-22(13-15-23)25(21(6)27-17-18(3)8-2)28-26(29)24-19(4)10-9-11-20(24)5/h9-15,18,21,25,27H,7-8,16-17H2,1-6H3,(H,28,29)/t18?,21?,25-/m0/s1. The molecule has 0 fully saturated rings. The molecule has 1 amide bonds. The molecule has 2 aromatic rings. The van der Waals surface area contributed by atoms with Crippen molar-refractivity contribution in [1.29, 1.82) is 0 Å². The number of sulfone groups is 1. The summed E-state index contributed by atoms with van der Waals surface area (Å²) in [5, 5.41) is 6.76. The highest BCUT2D eigenvalue weighted by Gasteiger charge is 2.24. The molecule has 0 aliphatic heterocycles. The van der Waals surface area contributed by atoms with Crippen LogP contribution < -0.4 is 10.6 Å². The Kier molecular flexibility index (Phi) is 9.47. The summed E-state index contributed by atoms with van der Waals surface area (Å²) in [6, 6.07) is 12.4. The van der Waals surface area contributed by atoms with Crippen LogP contribution in [0, 0.1) is 19.8 Å². The molecule has 0 saturated heterocycles. The zero-order valence-corrected chi connectivity index (χ0v) is 21.1. The number of amides is 1. The fourth-order valence-electron chi connectivity index (χ4n) is 3.80. The summed E-state index contributed by atoms with van der Waals surface area (Å²) in [7, 11) is -3.28. The number of nitrogens with one attached hydrogen (secondary N) is 2. The number of carbonyl (C=O) groups excluding carboxylic acids is 1. The molecule has 2 rings (SSSR count). The van der Waals surface area contributed by atoms with Gasteiger partial charge >= 0.3 is 0 Å². The van der Waals surface area contributed by atoms with E-state index in [4.69, 9.17) is 0 Å². The number of rotatable bonds is 11. The van der Waals surface area contributed by atoms with E-state index >= 15 is 0 Å². The molecule has 5 nitrogen and oxygen atoms in total. The normalized spacial score (nSPS) is 14.6. The summed E-state index contributed by atoms with van der Waals surface area (Å²) < 4.78 is 24.8. The zero-order valence-electron chi connectivity index (χ0n) is 20.2. The first kappa shape index (κ1) is 26.1. The van der Waals surface area contributed by atoms with Crippen LogP contribution in [0.2, 0.25) is 0 Å². The highest BCUT2D eigenvalue weighted by atomic mass is 32.2. The van der Waals surface area contributed by atoms with Gasteiger partial charge in [0.2, 0.25) is 0 Å². The molecule has 32 heavy (non-hydrogen) atoms. The molecule has 0 aliphatic carbocycles. The first-order valence-corrected chi connectivity index (χ1v) is 13.2. The van der Waals surface area contributed by atoms with Gasteiger partial charge in [-0.05, 0) is 68.5 Å². The number of aryl methyl sites for hydroxylation is 2. The Bertz CT molecular complexity index is 980. The van der Waals surface area contributed by atoms with E-state index in [1.165, 1.54) is 0 Å². The second kappa shape index (κ2) is 11.6. The quantitative estimate of drug-likeness (QED) is 0.498. The van der Waals surface area contributed by atoms with E-state index in [0.717, 1.165) is 29.7 Å². The number of benzene rings is 2. The highest BCUT2D eigenvalue weighted by molar-refractivity contribution is 7.91. The number of hydrogen-bond acceptors (Lipinski definition) is 4. The van der Waals surface area contributed by atoms with Crippen LogP contribution >= 0.6 is 0 Å². The summed E-state index contributed by atoms with van der Waals surface area (Å²) in [4.78, 5) is 13.6. The van der Waals surface area contributed by atoms with Gasteiger partial charge in [-0.1, -0.05) is 57.5 Å². The minimum absolute atomic E-state index is 0.0321. The molecule has 0 bridgehead atoms. The molecule has 6 heteroatoms. The maximum Gasteiger partial charge on any atom is 0.252 e. The summed E-state index contributed by atoms with van der Waals surface area (Å²) >= 11 is 0. The molecule has 0 heterocycles. The van der Waals surface area contributed by atoms with Crippen LogP contribution in [-0.2, 0) is 9.84 Å². The van der Waals surface area contributed by atoms with Gasteiger partial charge in [-0.25, -0.2) is 8.42 Å². The van der Waals surface area contributed by atoms with Gasteiger partial charge in [0.1, 0.15) is 0 Å². The number of carbonyl (C=O) groups is 1. The van der Waals surface area contributed by atoms with E-state index in [2.05, 4.69) is 31.4 Å². The molecular formula is C26H38N2O3S. The lowest BCUT2D eigenvalue weighted by Gasteiger charge is -2.28. The fourth-order valence-corrected chi connectivity index (χ4v) is 5.13. The van der Waals surface area contributed by atoms with E-state index in [1.807, 2.05) is 51.1 Å². The molecule has 0 radical (unpaired) electrons. The third-order valence-electron chi connectivity index (χ3n) is 6.05. The average molecular weight is 459 g/mol. The molecular weight excluding hydrogens is 420 g/mol. The maximum atomic E-state index is 13.2. The van der Waals surface area contributed by atoms with Gasteiger partial charge < -0.3 is 10.6 Å². The summed E-state index contributed by atoms with van der Waals surface area (Å²) in [6.07, 6.45) is 1.65. The van der Waals surface area contributed by atoms with Crippen molar-refractivity contribution in [3.05, 3.63) is 64.7 Å². The van der Waals surface area contributed by atoms with Crippen LogP contribution in [0.15, 0.2) is 47.4 Å². The predicted octanol–water partition coefficient (Wildman–Crippen LogP) is 4.98. The SMILES string of the molecule is CCCS(=O)(=O)c1ccc([C@@H](NC(=O)c2c(C)cccc2C)C(C)NCC(C)CC)cc1. The van der Waals surface area contributed by atoms with Gasteiger partial charge in [0.25, 0.3) is 5.91 Å². The van der Waals surface area contributed by atoms with E-state index in [9.17, 15) is 13.2 Å². The Hall–Kier alpha value is -2.18. The Morgan fingerprint density at radius 1 is 0.969 bits per heavy atom. The predicted molar refractivity (Wildman–Crippen MR) is 132 cm³/mol. The Morgan fingerprint density at radius 3 is 2.09 bits per heavy atom. The lowest BCUT2D eigenvalue weighted by atomic mass is 9.97. The van der Waals surface area contributed by atoms with Gasteiger partial charge in [-0.15, -0.1) is 0 Å². The van der Waals surface area contributed by atoms with E-state index in [-0.39, 0.29) is 23.7 Å². The van der Waals surface area contributed by atoms with Crippen molar-refractivity contribution in [1.82, 2.24) is 10.6 Å². The summed E-state index contributed by atoms with van der Waals surface area (Å²) in [5.41, 5.74) is 3.43. The average Bonchev–Trinajstić information content (AvgIpc) is 2.75. The van der Waals surface area contributed by atoms with Gasteiger partial charge in [0.15, 0.2) is 9.84 Å². The molecule has 0 spiro atoms. The van der Waals surface area contributed by atoms with Crippen LogP contribution in [0.25, 0.3) is 0 Å². The van der Waals surface area contributed by atoms with Crippen molar-refractivity contribution in [2.45, 2.75) is 71.4 Å². The molecule has 2 unspecified atom stereocenters.